The second-order valence-electron chi connectivity index (χ2n) is 4.40. The Kier molecular flexibility index (Phi) is 4.01. The van der Waals surface area contributed by atoms with Gasteiger partial charge in [0.1, 0.15) is 5.75 Å². The average Bonchev–Trinajstić information content (AvgIpc) is 2.95. The zero-order chi connectivity index (χ0) is 15.5. The molecule has 0 fully saturated rings. The van der Waals surface area contributed by atoms with Crippen LogP contribution in [0.15, 0.2) is 46.7 Å². The molecule has 0 saturated carbocycles. The molecule has 0 radical (unpaired) electrons. The van der Waals surface area contributed by atoms with Gasteiger partial charge in [0.05, 0.1) is 12.2 Å². The van der Waals surface area contributed by atoms with Gasteiger partial charge in [0.2, 0.25) is 0 Å². The molecule has 0 unspecified atom stereocenters. The van der Waals surface area contributed by atoms with Crippen LogP contribution < -0.4 is 15.6 Å². The van der Waals surface area contributed by atoms with Gasteiger partial charge < -0.3 is 10.1 Å². The summed E-state index contributed by atoms with van der Waals surface area (Å²) in [7, 11) is 0. The fraction of sp³-hybridized carbons (Fsp3) is 0.143. The summed E-state index contributed by atoms with van der Waals surface area (Å²) in [5, 5.41) is 4.87. The summed E-state index contributed by atoms with van der Waals surface area (Å²) in [5.41, 5.74) is 1.19. The first-order chi connectivity index (χ1) is 10.6. The van der Waals surface area contributed by atoms with Crippen LogP contribution in [-0.4, -0.2) is 16.0 Å². The number of rotatable bonds is 5. The van der Waals surface area contributed by atoms with Crippen LogP contribution in [0.3, 0.4) is 0 Å². The molecule has 3 aromatic rings. The highest BCUT2D eigenvalue weighted by atomic mass is 32.1. The molecule has 3 rings (SSSR count). The molecule has 0 aliphatic carbocycles. The molecular formula is C14H11F2N3O2S. The van der Waals surface area contributed by atoms with E-state index < -0.39 is 6.61 Å². The molecule has 8 heteroatoms. The second kappa shape index (κ2) is 6.10. The number of hydrogen-bond acceptors (Lipinski definition) is 5. The van der Waals surface area contributed by atoms with Crippen LogP contribution in [0.25, 0.3) is 4.96 Å². The van der Waals surface area contributed by atoms with Gasteiger partial charge in [-0.25, -0.2) is 4.98 Å². The Balaban J connectivity index is 1.69. The third kappa shape index (κ3) is 3.22. The highest BCUT2D eigenvalue weighted by Crippen LogP contribution is 2.18. The van der Waals surface area contributed by atoms with Gasteiger partial charge in [-0.05, 0) is 24.3 Å². The van der Waals surface area contributed by atoms with E-state index in [2.05, 4.69) is 15.0 Å². The van der Waals surface area contributed by atoms with E-state index in [1.54, 1.807) is 23.7 Å². The summed E-state index contributed by atoms with van der Waals surface area (Å²) in [4.78, 5) is 16.8. The van der Waals surface area contributed by atoms with Crippen molar-refractivity contribution in [1.82, 2.24) is 9.38 Å². The summed E-state index contributed by atoms with van der Waals surface area (Å²) in [6.45, 7) is -2.48. The third-order valence-corrected chi connectivity index (χ3v) is 3.67. The van der Waals surface area contributed by atoms with Crippen molar-refractivity contribution >= 4 is 22.0 Å². The fourth-order valence-corrected chi connectivity index (χ4v) is 2.66. The number of nitrogens with zero attached hydrogens (tertiary/aromatic N) is 2. The molecule has 22 heavy (non-hydrogen) atoms. The average molecular weight is 323 g/mol. The lowest BCUT2D eigenvalue weighted by atomic mass is 10.3. The Morgan fingerprint density at radius 2 is 2.09 bits per heavy atom. The largest absolute Gasteiger partial charge is 0.435 e. The molecule has 2 heterocycles. The van der Waals surface area contributed by atoms with Gasteiger partial charge in [-0.1, -0.05) is 0 Å². The first-order valence-corrected chi connectivity index (χ1v) is 7.24. The van der Waals surface area contributed by atoms with E-state index in [1.807, 2.05) is 0 Å². The Morgan fingerprint density at radius 1 is 1.32 bits per heavy atom. The Hall–Kier alpha value is -2.48. The van der Waals surface area contributed by atoms with E-state index in [9.17, 15) is 13.6 Å². The Morgan fingerprint density at radius 3 is 2.82 bits per heavy atom. The zero-order valence-corrected chi connectivity index (χ0v) is 12.0. The lowest BCUT2D eigenvalue weighted by Crippen LogP contribution is -2.14. The van der Waals surface area contributed by atoms with Crippen molar-refractivity contribution in [2.75, 3.05) is 5.32 Å². The van der Waals surface area contributed by atoms with Crippen molar-refractivity contribution in [3.8, 4) is 5.75 Å². The summed E-state index contributed by atoms with van der Waals surface area (Å²) < 4.78 is 29.9. The Labute approximate surface area is 127 Å². The van der Waals surface area contributed by atoms with Gasteiger partial charge >= 0.3 is 6.61 Å². The molecule has 2 aromatic heterocycles. The van der Waals surface area contributed by atoms with Crippen LogP contribution in [0.4, 0.5) is 14.5 Å². The molecule has 1 aromatic carbocycles. The minimum absolute atomic E-state index is 0.0944. The number of aromatic nitrogens is 2. The van der Waals surface area contributed by atoms with Crippen LogP contribution in [0.5, 0.6) is 5.75 Å². The van der Waals surface area contributed by atoms with E-state index in [1.165, 1.54) is 33.9 Å². The standard InChI is InChI=1S/C14H11F2N3O2S/c15-13(16)21-11-3-1-9(2-4-11)17-8-10-7-12(20)19-5-6-22-14(19)18-10/h1-7,13,17H,8H2. The number of fused-ring (bicyclic) bond motifs is 1. The van der Waals surface area contributed by atoms with Crippen molar-refractivity contribution in [2.24, 2.45) is 0 Å². The fourth-order valence-electron chi connectivity index (χ4n) is 1.93. The number of benzene rings is 1. The first kappa shape index (κ1) is 14.5. The first-order valence-electron chi connectivity index (χ1n) is 6.36. The number of thiazole rings is 1. The molecule has 0 amide bonds. The van der Waals surface area contributed by atoms with Gasteiger partial charge in [0.25, 0.3) is 5.56 Å². The number of nitrogens with one attached hydrogen (secondary N) is 1. The van der Waals surface area contributed by atoms with Crippen LogP contribution in [0, 0.1) is 0 Å². The normalized spacial score (nSPS) is 11.0. The van der Waals surface area contributed by atoms with Crippen LogP contribution in [0.2, 0.25) is 0 Å². The van der Waals surface area contributed by atoms with Gasteiger partial charge in [-0.2, -0.15) is 8.78 Å². The zero-order valence-electron chi connectivity index (χ0n) is 11.2. The maximum atomic E-state index is 12.1. The molecule has 0 aliphatic heterocycles. The quantitative estimate of drug-likeness (QED) is 0.784. The Bertz CT molecular complexity index is 830. The van der Waals surface area contributed by atoms with Crippen molar-refractivity contribution in [3.63, 3.8) is 0 Å². The third-order valence-electron chi connectivity index (χ3n) is 2.91. The lowest BCUT2D eigenvalue weighted by Gasteiger charge is -2.08. The molecule has 1 N–H and O–H groups in total. The van der Waals surface area contributed by atoms with Gasteiger partial charge in [0.15, 0.2) is 4.96 Å². The van der Waals surface area contributed by atoms with Crippen molar-refractivity contribution in [3.05, 3.63) is 58.0 Å². The number of alkyl halides is 2. The monoisotopic (exact) mass is 323 g/mol. The molecule has 0 bridgehead atoms. The molecule has 0 aliphatic rings. The lowest BCUT2D eigenvalue weighted by molar-refractivity contribution is -0.0498. The molecular weight excluding hydrogens is 312 g/mol. The highest BCUT2D eigenvalue weighted by Gasteiger charge is 2.05. The van der Waals surface area contributed by atoms with Crippen LogP contribution in [0.1, 0.15) is 5.69 Å². The summed E-state index contributed by atoms with van der Waals surface area (Å²) in [6, 6.07) is 7.59. The van der Waals surface area contributed by atoms with Crippen molar-refractivity contribution < 1.29 is 13.5 Å². The summed E-state index contributed by atoms with van der Waals surface area (Å²) in [6.07, 6.45) is 1.67. The number of hydrogen-bond donors (Lipinski definition) is 1. The molecule has 0 atom stereocenters. The van der Waals surface area contributed by atoms with E-state index in [-0.39, 0.29) is 11.3 Å². The molecule has 114 valence electrons. The minimum atomic E-state index is -2.84. The van der Waals surface area contributed by atoms with Gasteiger partial charge in [-0.3, -0.25) is 9.20 Å². The minimum Gasteiger partial charge on any atom is -0.435 e. The van der Waals surface area contributed by atoms with E-state index in [4.69, 9.17) is 0 Å². The van der Waals surface area contributed by atoms with Crippen molar-refractivity contribution in [2.45, 2.75) is 13.2 Å². The van der Waals surface area contributed by atoms with Crippen LogP contribution >= 0.6 is 11.3 Å². The number of halogens is 2. The smallest absolute Gasteiger partial charge is 0.387 e. The number of ether oxygens (including phenoxy) is 1. The van der Waals surface area contributed by atoms with E-state index in [0.29, 0.717) is 17.2 Å². The molecule has 0 spiro atoms. The van der Waals surface area contributed by atoms with Crippen LogP contribution in [-0.2, 0) is 6.54 Å². The summed E-state index contributed by atoms with van der Waals surface area (Å²) >= 11 is 1.38. The summed E-state index contributed by atoms with van der Waals surface area (Å²) in [5.74, 6) is 0.0944. The maximum absolute atomic E-state index is 12.1. The maximum Gasteiger partial charge on any atom is 0.387 e. The topological polar surface area (TPSA) is 55.6 Å². The van der Waals surface area contributed by atoms with Gasteiger partial charge in [-0.15, -0.1) is 11.3 Å². The second-order valence-corrected chi connectivity index (χ2v) is 5.27. The number of anilines is 1. The van der Waals surface area contributed by atoms with E-state index in [0.717, 1.165) is 5.69 Å². The van der Waals surface area contributed by atoms with E-state index >= 15 is 0 Å². The predicted octanol–water partition coefficient (Wildman–Crippen LogP) is 2.97. The SMILES string of the molecule is O=c1cc(CNc2ccc(OC(F)F)cc2)nc2sccn12. The highest BCUT2D eigenvalue weighted by molar-refractivity contribution is 7.15. The van der Waals surface area contributed by atoms with Crippen molar-refractivity contribution in [1.29, 1.82) is 0 Å². The van der Waals surface area contributed by atoms with Gasteiger partial charge in [0, 0.05) is 23.3 Å². The molecule has 5 nitrogen and oxygen atoms in total. The predicted molar refractivity (Wildman–Crippen MR) is 79.7 cm³/mol. The molecule has 0 saturated heterocycles.